The molecule has 3 N–H and O–H groups in total. The van der Waals surface area contributed by atoms with E-state index in [-0.39, 0.29) is 22.9 Å². The number of rotatable bonds is 6. The molecule has 8 nitrogen and oxygen atoms in total. The number of carbonyl (C=O) groups is 1. The van der Waals surface area contributed by atoms with Crippen molar-refractivity contribution in [3.05, 3.63) is 48.2 Å². The van der Waals surface area contributed by atoms with Gasteiger partial charge in [0.15, 0.2) is 16.4 Å². The Bertz CT molecular complexity index is 1320. The lowest BCUT2D eigenvalue weighted by Crippen LogP contribution is -2.14. The molecule has 2 aromatic carbocycles. The normalized spacial score (nSPS) is 11.0. The van der Waals surface area contributed by atoms with Gasteiger partial charge in [-0.3, -0.25) is 5.32 Å². The smallest absolute Gasteiger partial charge is 0.412 e. The molecule has 1 aromatic heterocycles. The zero-order valence-corrected chi connectivity index (χ0v) is 19.0. The summed E-state index contributed by atoms with van der Waals surface area (Å²) < 4.78 is 35.7. The Balaban J connectivity index is 1.69. The number of ether oxygens (including phenoxy) is 2. The quantitative estimate of drug-likeness (QED) is 0.433. The zero-order valence-electron chi connectivity index (χ0n) is 18.1. The lowest BCUT2D eigenvalue weighted by atomic mass is 10.2. The van der Waals surface area contributed by atoms with Crippen LogP contribution in [0.25, 0.3) is 10.9 Å². The number of benzene rings is 2. The Labute approximate surface area is 187 Å². The summed E-state index contributed by atoms with van der Waals surface area (Å²) in [7, 11) is -2.02. The van der Waals surface area contributed by atoms with Gasteiger partial charge in [-0.1, -0.05) is 18.9 Å². The molecule has 3 rings (SSSR count). The van der Waals surface area contributed by atoms with E-state index in [2.05, 4.69) is 28.6 Å². The van der Waals surface area contributed by atoms with E-state index < -0.39 is 15.9 Å². The van der Waals surface area contributed by atoms with E-state index in [9.17, 15) is 13.2 Å². The molecule has 32 heavy (non-hydrogen) atoms. The monoisotopic (exact) mass is 455 g/mol. The van der Waals surface area contributed by atoms with Crippen LogP contribution >= 0.6 is 0 Å². The highest BCUT2D eigenvalue weighted by Gasteiger charge is 2.14. The molecule has 0 atom stereocenters. The van der Waals surface area contributed by atoms with Gasteiger partial charge in [0.05, 0.1) is 28.9 Å². The standard InChI is InChI=1S/C23H25N3O5S/c1-4-12-26-16(14-18-19(24)8-5-9-21(18)26)7-6-13-31-23(27)25-20-11-10-17(32(3,28)29)15-22(20)30-2/h5,8-11,14-15H,4,12-13,24H2,1-3H3,(H,25,27). The molecule has 0 bridgehead atoms. The number of aromatic nitrogens is 1. The van der Waals surface area contributed by atoms with E-state index in [4.69, 9.17) is 15.2 Å². The van der Waals surface area contributed by atoms with Crippen LogP contribution in [-0.4, -0.2) is 39.1 Å². The second kappa shape index (κ2) is 9.66. The molecule has 0 aliphatic rings. The minimum absolute atomic E-state index is 0.0854. The molecule has 0 fully saturated rings. The molecule has 0 unspecified atom stereocenters. The van der Waals surface area contributed by atoms with Gasteiger partial charge in [-0.15, -0.1) is 0 Å². The molecule has 0 spiro atoms. The van der Waals surface area contributed by atoms with Crippen molar-refractivity contribution in [1.82, 2.24) is 4.57 Å². The van der Waals surface area contributed by atoms with Crippen LogP contribution in [0.4, 0.5) is 16.2 Å². The number of nitrogens with one attached hydrogen (secondary N) is 1. The third kappa shape index (κ3) is 5.15. The number of hydrogen-bond donors (Lipinski definition) is 2. The van der Waals surface area contributed by atoms with Gasteiger partial charge < -0.3 is 19.8 Å². The number of carbonyl (C=O) groups excluding carboxylic acids is 1. The minimum atomic E-state index is -3.40. The lowest BCUT2D eigenvalue weighted by Gasteiger charge is -2.11. The van der Waals surface area contributed by atoms with Crippen LogP contribution < -0.4 is 15.8 Å². The van der Waals surface area contributed by atoms with Crippen molar-refractivity contribution < 1.29 is 22.7 Å². The molecule has 1 amide bonds. The van der Waals surface area contributed by atoms with Crippen molar-refractivity contribution in [2.75, 3.05) is 31.0 Å². The summed E-state index contributed by atoms with van der Waals surface area (Å²) in [5, 5.41) is 3.47. The highest BCUT2D eigenvalue weighted by atomic mass is 32.2. The number of nitrogens with zero attached hydrogens (tertiary/aromatic N) is 1. The van der Waals surface area contributed by atoms with Crippen LogP contribution in [0.2, 0.25) is 0 Å². The second-order valence-electron chi connectivity index (χ2n) is 7.10. The minimum Gasteiger partial charge on any atom is -0.495 e. The Morgan fingerprint density at radius 2 is 2.00 bits per heavy atom. The number of aryl methyl sites for hydroxylation is 1. The van der Waals surface area contributed by atoms with Gasteiger partial charge >= 0.3 is 6.09 Å². The first kappa shape index (κ1) is 23.0. The summed E-state index contributed by atoms with van der Waals surface area (Å²) in [6.45, 7) is 2.75. The van der Waals surface area contributed by atoms with Crippen molar-refractivity contribution in [2.24, 2.45) is 0 Å². The van der Waals surface area contributed by atoms with Gasteiger partial charge in [-0.05, 0) is 42.7 Å². The number of methoxy groups -OCH3 is 1. The van der Waals surface area contributed by atoms with Gasteiger partial charge in [0.2, 0.25) is 0 Å². The van der Waals surface area contributed by atoms with Crippen molar-refractivity contribution in [3.63, 3.8) is 0 Å². The predicted molar refractivity (Wildman–Crippen MR) is 125 cm³/mol. The molecule has 168 valence electrons. The number of nitrogen functional groups attached to an aromatic ring is 1. The zero-order chi connectivity index (χ0) is 23.3. The number of anilines is 2. The van der Waals surface area contributed by atoms with Crippen LogP contribution in [0.5, 0.6) is 5.75 Å². The van der Waals surface area contributed by atoms with Crippen molar-refractivity contribution in [1.29, 1.82) is 0 Å². The summed E-state index contributed by atoms with van der Waals surface area (Å²) in [6, 6.07) is 11.8. The molecule has 1 heterocycles. The van der Waals surface area contributed by atoms with Crippen molar-refractivity contribution in [3.8, 4) is 17.6 Å². The number of hydrogen-bond acceptors (Lipinski definition) is 6. The molecule has 0 saturated heterocycles. The molecular weight excluding hydrogens is 430 g/mol. The molecule has 3 aromatic rings. The summed E-state index contributed by atoms with van der Waals surface area (Å²) >= 11 is 0. The maximum absolute atomic E-state index is 12.1. The first-order valence-electron chi connectivity index (χ1n) is 9.93. The van der Waals surface area contributed by atoms with Crippen molar-refractivity contribution >= 4 is 38.2 Å². The van der Waals surface area contributed by atoms with Gasteiger partial charge in [0.25, 0.3) is 0 Å². The largest absolute Gasteiger partial charge is 0.495 e. The number of sulfone groups is 1. The molecular formula is C23H25N3O5S. The summed E-state index contributed by atoms with van der Waals surface area (Å²) in [5.74, 6) is 6.10. The average molecular weight is 456 g/mol. The van der Waals surface area contributed by atoms with Crippen LogP contribution in [0, 0.1) is 11.8 Å². The van der Waals surface area contributed by atoms with Gasteiger partial charge in [-0.2, -0.15) is 0 Å². The summed E-state index contributed by atoms with van der Waals surface area (Å²) in [5.41, 5.74) is 8.86. The highest BCUT2D eigenvalue weighted by Crippen LogP contribution is 2.28. The molecule has 0 saturated carbocycles. The predicted octanol–water partition coefficient (Wildman–Crippen LogP) is 3.65. The lowest BCUT2D eigenvalue weighted by molar-refractivity contribution is 0.176. The summed E-state index contributed by atoms with van der Waals surface area (Å²) in [6.07, 6.45) is 1.30. The van der Waals surface area contributed by atoms with Crippen LogP contribution in [0.3, 0.4) is 0 Å². The fraction of sp³-hybridized carbons (Fsp3) is 0.261. The second-order valence-corrected chi connectivity index (χ2v) is 9.11. The fourth-order valence-corrected chi connectivity index (χ4v) is 3.89. The first-order valence-corrected chi connectivity index (χ1v) is 11.8. The van der Waals surface area contributed by atoms with Crippen LogP contribution in [-0.2, 0) is 21.1 Å². The van der Waals surface area contributed by atoms with E-state index in [1.54, 1.807) is 0 Å². The SMILES string of the molecule is CCCn1c(C#CCOC(=O)Nc2ccc(S(C)(=O)=O)cc2OC)cc2c(N)cccc21. The average Bonchev–Trinajstić information content (AvgIpc) is 3.10. The van der Waals surface area contributed by atoms with Gasteiger partial charge in [0.1, 0.15) is 5.75 Å². The number of fused-ring (bicyclic) bond motifs is 1. The Kier molecular flexibility index (Phi) is 6.95. The Hall–Kier alpha value is -3.64. The van der Waals surface area contributed by atoms with E-state index in [1.807, 2.05) is 24.3 Å². The van der Waals surface area contributed by atoms with Crippen LogP contribution in [0.15, 0.2) is 47.4 Å². The third-order valence-corrected chi connectivity index (χ3v) is 5.87. The van der Waals surface area contributed by atoms with Crippen molar-refractivity contribution in [2.45, 2.75) is 24.8 Å². The van der Waals surface area contributed by atoms with E-state index in [0.29, 0.717) is 5.69 Å². The van der Waals surface area contributed by atoms with E-state index in [1.165, 1.54) is 25.3 Å². The van der Waals surface area contributed by atoms with E-state index in [0.717, 1.165) is 35.8 Å². The van der Waals surface area contributed by atoms with Crippen LogP contribution in [0.1, 0.15) is 19.0 Å². The van der Waals surface area contributed by atoms with E-state index >= 15 is 0 Å². The Morgan fingerprint density at radius 3 is 2.69 bits per heavy atom. The Morgan fingerprint density at radius 1 is 1.22 bits per heavy atom. The topological polar surface area (TPSA) is 113 Å². The molecule has 9 heteroatoms. The molecule has 0 aliphatic carbocycles. The third-order valence-electron chi connectivity index (χ3n) is 4.76. The number of amides is 1. The molecule has 0 radical (unpaired) electrons. The first-order chi connectivity index (χ1) is 15.2. The molecule has 0 aliphatic heterocycles. The highest BCUT2D eigenvalue weighted by molar-refractivity contribution is 7.90. The number of nitrogens with two attached hydrogens (primary N) is 1. The summed E-state index contributed by atoms with van der Waals surface area (Å²) in [4.78, 5) is 12.2. The van der Waals surface area contributed by atoms with Gasteiger partial charge in [0, 0.05) is 29.9 Å². The fourth-order valence-electron chi connectivity index (χ4n) is 3.26. The maximum Gasteiger partial charge on any atom is 0.412 e. The maximum atomic E-state index is 12.1. The van der Waals surface area contributed by atoms with Gasteiger partial charge in [-0.25, -0.2) is 13.2 Å².